The van der Waals surface area contributed by atoms with Crippen molar-refractivity contribution < 1.29 is 4.79 Å². The minimum atomic E-state index is -0.0870. The van der Waals surface area contributed by atoms with E-state index >= 15 is 0 Å². The average Bonchev–Trinajstić information content (AvgIpc) is 2.64. The second kappa shape index (κ2) is 7.93. The van der Waals surface area contributed by atoms with E-state index < -0.39 is 0 Å². The maximum atomic E-state index is 12.6. The van der Waals surface area contributed by atoms with Gasteiger partial charge < -0.3 is 10.2 Å². The van der Waals surface area contributed by atoms with Gasteiger partial charge in [0, 0.05) is 38.1 Å². The molecule has 1 atom stereocenters. The Hall–Kier alpha value is -2.40. The first-order valence-electron chi connectivity index (χ1n) is 8.54. The predicted molar refractivity (Wildman–Crippen MR) is 97.2 cm³/mol. The Morgan fingerprint density at radius 1 is 1.08 bits per heavy atom. The van der Waals surface area contributed by atoms with Gasteiger partial charge in [-0.05, 0) is 30.7 Å². The normalized spacial score (nSPS) is 16.6. The number of aromatic nitrogens is 1. The number of para-hydroxylation sites is 1. The Morgan fingerprint density at radius 3 is 2.42 bits per heavy atom. The van der Waals surface area contributed by atoms with E-state index in [1.807, 2.05) is 54.7 Å². The molecule has 126 valence electrons. The number of hydrogen-bond acceptors (Lipinski definition) is 4. The summed E-state index contributed by atoms with van der Waals surface area (Å²) in [5, 5.41) is 3.03. The Kier molecular flexibility index (Phi) is 5.43. The highest BCUT2D eigenvalue weighted by Crippen LogP contribution is 2.16. The second-order valence-corrected chi connectivity index (χ2v) is 5.99. The zero-order chi connectivity index (χ0) is 16.8. The number of piperazine rings is 1. The third kappa shape index (κ3) is 3.92. The van der Waals surface area contributed by atoms with Gasteiger partial charge in [0.1, 0.15) is 5.82 Å². The van der Waals surface area contributed by atoms with Crippen molar-refractivity contribution in [2.75, 3.05) is 36.4 Å². The largest absolute Gasteiger partial charge is 0.354 e. The molecule has 0 saturated carbocycles. The monoisotopic (exact) mass is 324 g/mol. The number of benzene rings is 1. The summed E-state index contributed by atoms with van der Waals surface area (Å²) in [4.78, 5) is 21.6. The van der Waals surface area contributed by atoms with Gasteiger partial charge in [-0.25, -0.2) is 4.98 Å². The molecule has 1 fully saturated rings. The molecular formula is C19H24N4O. The first-order valence-corrected chi connectivity index (χ1v) is 8.54. The van der Waals surface area contributed by atoms with Crippen molar-refractivity contribution in [2.45, 2.75) is 19.4 Å². The van der Waals surface area contributed by atoms with E-state index in [0.717, 1.165) is 44.1 Å². The fourth-order valence-corrected chi connectivity index (χ4v) is 3.16. The molecule has 5 nitrogen and oxygen atoms in total. The molecule has 1 aromatic heterocycles. The lowest BCUT2D eigenvalue weighted by molar-refractivity contribution is -0.121. The van der Waals surface area contributed by atoms with Crippen LogP contribution >= 0.6 is 0 Å². The highest BCUT2D eigenvalue weighted by atomic mass is 16.2. The lowest BCUT2D eigenvalue weighted by atomic mass is 10.1. The van der Waals surface area contributed by atoms with Crippen LogP contribution in [0.3, 0.4) is 0 Å². The SMILES string of the molecule is CC[C@@H](C(=O)Nc1ccccc1)N1CCN(c2ccccn2)CC1. The molecule has 0 unspecified atom stereocenters. The van der Waals surface area contributed by atoms with E-state index in [1.165, 1.54) is 0 Å². The number of hydrogen-bond donors (Lipinski definition) is 1. The summed E-state index contributed by atoms with van der Waals surface area (Å²) in [6, 6.07) is 15.5. The van der Waals surface area contributed by atoms with Crippen LogP contribution in [0.5, 0.6) is 0 Å². The van der Waals surface area contributed by atoms with Gasteiger partial charge in [-0.15, -0.1) is 0 Å². The Morgan fingerprint density at radius 2 is 1.79 bits per heavy atom. The Labute approximate surface area is 143 Å². The number of nitrogens with one attached hydrogen (secondary N) is 1. The third-order valence-electron chi connectivity index (χ3n) is 4.46. The zero-order valence-corrected chi connectivity index (χ0v) is 14.1. The van der Waals surface area contributed by atoms with Crippen LogP contribution in [0.2, 0.25) is 0 Å². The van der Waals surface area contributed by atoms with E-state index in [2.05, 4.69) is 27.0 Å². The van der Waals surface area contributed by atoms with Crippen molar-refractivity contribution in [3.05, 3.63) is 54.7 Å². The topological polar surface area (TPSA) is 48.5 Å². The summed E-state index contributed by atoms with van der Waals surface area (Å²) >= 11 is 0. The summed E-state index contributed by atoms with van der Waals surface area (Å²) in [7, 11) is 0. The highest BCUT2D eigenvalue weighted by molar-refractivity contribution is 5.94. The van der Waals surface area contributed by atoms with E-state index in [-0.39, 0.29) is 11.9 Å². The molecule has 0 bridgehead atoms. The summed E-state index contributed by atoms with van der Waals surface area (Å²) < 4.78 is 0. The molecule has 1 saturated heterocycles. The molecule has 0 spiro atoms. The minimum absolute atomic E-state index is 0.0787. The molecule has 1 aliphatic rings. The Balaban J connectivity index is 1.58. The van der Waals surface area contributed by atoms with Gasteiger partial charge in [0.25, 0.3) is 0 Å². The molecule has 3 rings (SSSR count). The molecule has 2 heterocycles. The summed E-state index contributed by atoms with van der Waals surface area (Å²) in [6.45, 7) is 5.60. The zero-order valence-electron chi connectivity index (χ0n) is 14.1. The average molecular weight is 324 g/mol. The maximum Gasteiger partial charge on any atom is 0.241 e. The lowest BCUT2D eigenvalue weighted by Crippen LogP contribution is -2.53. The van der Waals surface area contributed by atoms with E-state index in [0.29, 0.717) is 0 Å². The molecule has 5 heteroatoms. The molecule has 1 aromatic carbocycles. The molecular weight excluding hydrogens is 300 g/mol. The number of rotatable bonds is 5. The van der Waals surface area contributed by atoms with Crippen LogP contribution in [0.25, 0.3) is 0 Å². The van der Waals surface area contributed by atoms with Crippen molar-refractivity contribution in [3.63, 3.8) is 0 Å². The van der Waals surface area contributed by atoms with Crippen molar-refractivity contribution >= 4 is 17.4 Å². The van der Waals surface area contributed by atoms with Crippen LogP contribution in [0.1, 0.15) is 13.3 Å². The number of pyridine rings is 1. The summed E-state index contributed by atoms with van der Waals surface area (Å²) in [5.41, 5.74) is 0.855. The van der Waals surface area contributed by atoms with Crippen molar-refractivity contribution in [2.24, 2.45) is 0 Å². The van der Waals surface area contributed by atoms with Crippen LogP contribution in [-0.2, 0) is 4.79 Å². The summed E-state index contributed by atoms with van der Waals surface area (Å²) in [5.74, 6) is 1.09. The van der Waals surface area contributed by atoms with Crippen LogP contribution in [0, 0.1) is 0 Å². The molecule has 1 amide bonds. The van der Waals surface area contributed by atoms with E-state index in [9.17, 15) is 4.79 Å². The van der Waals surface area contributed by atoms with Gasteiger partial charge in [-0.1, -0.05) is 31.2 Å². The quantitative estimate of drug-likeness (QED) is 0.918. The van der Waals surface area contributed by atoms with Gasteiger partial charge in [-0.3, -0.25) is 9.69 Å². The van der Waals surface area contributed by atoms with Gasteiger partial charge >= 0.3 is 0 Å². The smallest absolute Gasteiger partial charge is 0.241 e. The first kappa shape index (κ1) is 16.5. The number of carbonyl (C=O) groups is 1. The third-order valence-corrected chi connectivity index (χ3v) is 4.46. The molecule has 0 aliphatic carbocycles. The van der Waals surface area contributed by atoms with Gasteiger partial charge in [0.2, 0.25) is 5.91 Å². The number of carbonyl (C=O) groups excluding carboxylic acids is 1. The lowest BCUT2D eigenvalue weighted by Gasteiger charge is -2.38. The molecule has 24 heavy (non-hydrogen) atoms. The van der Waals surface area contributed by atoms with Crippen LogP contribution in [-0.4, -0.2) is 48.0 Å². The Bertz CT molecular complexity index is 639. The first-order chi connectivity index (χ1) is 11.8. The van der Waals surface area contributed by atoms with Crippen molar-refractivity contribution in [1.29, 1.82) is 0 Å². The van der Waals surface area contributed by atoms with Gasteiger partial charge in [0.05, 0.1) is 6.04 Å². The molecule has 0 radical (unpaired) electrons. The van der Waals surface area contributed by atoms with Gasteiger partial charge in [0.15, 0.2) is 0 Å². The van der Waals surface area contributed by atoms with Gasteiger partial charge in [-0.2, -0.15) is 0 Å². The number of anilines is 2. The molecule has 2 aromatic rings. The predicted octanol–water partition coefficient (Wildman–Crippen LogP) is 2.62. The maximum absolute atomic E-state index is 12.6. The molecule has 1 N–H and O–H groups in total. The van der Waals surface area contributed by atoms with Crippen LogP contribution in [0.15, 0.2) is 54.7 Å². The second-order valence-electron chi connectivity index (χ2n) is 5.99. The van der Waals surface area contributed by atoms with Crippen molar-refractivity contribution in [1.82, 2.24) is 9.88 Å². The standard InChI is InChI=1S/C19H24N4O/c1-2-17(19(24)21-16-8-4-3-5-9-16)22-12-14-23(15-13-22)18-10-6-7-11-20-18/h3-11,17H,2,12-15H2,1H3,(H,21,24)/t17-/m0/s1. The fourth-order valence-electron chi connectivity index (χ4n) is 3.16. The number of amides is 1. The number of nitrogens with zero attached hydrogens (tertiary/aromatic N) is 3. The minimum Gasteiger partial charge on any atom is -0.354 e. The summed E-state index contributed by atoms with van der Waals surface area (Å²) in [6.07, 6.45) is 2.63. The highest BCUT2D eigenvalue weighted by Gasteiger charge is 2.28. The molecule has 1 aliphatic heterocycles. The van der Waals surface area contributed by atoms with Crippen LogP contribution in [0.4, 0.5) is 11.5 Å². The fraction of sp³-hybridized carbons (Fsp3) is 0.368. The van der Waals surface area contributed by atoms with E-state index in [4.69, 9.17) is 0 Å². The van der Waals surface area contributed by atoms with Crippen LogP contribution < -0.4 is 10.2 Å². The van der Waals surface area contributed by atoms with E-state index in [1.54, 1.807) is 0 Å². The van der Waals surface area contributed by atoms with Crippen molar-refractivity contribution in [3.8, 4) is 0 Å².